The maximum absolute atomic E-state index is 3.85. The molecule has 1 aliphatic rings. The first-order valence-electron chi connectivity index (χ1n) is 6.21. The molecule has 0 amide bonds. The molecule has 1 rings (SSSR count). The maximum atomic E-state index is 3.85. The van der Waals surface area contributed by atoms with E-state index in [0.717, 1.165) is 12.0 Å². The fourth-order valence-electron chi connectivity index (χ4n) is 2.45. The molecule has 2 atom stereocenters. The highest BCUT2D eigenvalue weighted by atomic mass is 14.9. The van der Waals surface area contributed by atoms with Crippen LogP contribution in [0.25, 0.3) is 0 Å². The fourth-order valence-corrected chi connectivity index (χ4v) is 2.45. The van der Waals surface area contributed by atoms with E-state index in [1.165, 1.54) is 51.5 Å². The summed E-state index contributed by atoms with van der Waals surface area (Å²) in [5.74, 6) is 0.893. The van der Waals surface area contributed by atoms with Crippen LogP contribution in [-0.2, 0) is 0 Å². The Hall–Kier alpha value is -0.300. The van der Waals surface area contributed by atoms with Gasteiger partial charge < -0.3 is 5.32 Å². The predicted molar refractivity (Wildman–Crippen MR) is 63.5 cm³/mol. The van der Waals surface area contributed by atoms with Crippen LogP contribution in [0.4, 0.5) is 0 Å². The van der Waals surface area contributed by atoms with Crippen LogP contribution in [-0.4, -0.2) is 12.6 Å². The molecular weight excluding hydrogens is 170 g/mol. The lowest BCUT2D eigenvalue weighted by Crippen LogP contribution is -2.30. The Morgan fingerprint density at radius 3 is 2.86 bits per heavy atom. The molecule has 0 aromatic rings. The Morgan fingerprint density at radius 1 is 1.36 bits per heavy atom. The van der Waals surface area contributed by atoms with Gasteiger partial charge in [0.25, 0.3) is 0 Å². The van der Waals surface area contributed by atoms with Crippen LogP contribution >= 0.6 is 0 Å². The smallest absolute Gasteiger partial charge is 0.00698 e. The molecule has 1 N–H and O–H groups in total. The topological polar surface area (TPSA) is 12.0 Å². The first-order valence-corrected chi connectivity index (χ1v) is 6.21. The van der Waals surface area contributed by atoms with Crippen LogP contribution in [0.15, 0.2) is 12.7 Å². The van der Waals surface area contributed by atoms with Gasteiger partial charge in [-0.15, -0.1) is 6.58 Å². The molecule has 82 valence electrons. The summed E-state index contributed by atoms with van der Waals surface area (Å²) in [5, 5.41) is 3.67. The van der Waals surface area contributed by atoms with E-state index < -0.39 is 0 Å². The molecule has 0 aromatic heterocycles. The Labute approximate surface area is 89.0 Å². The highest BCUT2D eigenvalue weighted by molar-refractivity contribution is 4.80. The summed E-state index contributed by atoms with van der Waals surface area (Å²) < 4.78 is 0. The number of allylic oxidation sites excluding steroid dienone is 1. The van der Waals surface area contributed by atoms with Gasteiger partial charge in [-0.25, -0.2) is 0 Å². The predicted octanol–water partition coefficient (Wildman–Crippen LogP) is 3.51. The van der Waals surface area contributed by atoms with Crippen molar-refractivity contribution in [1.82, 2.24) is 5.32 Å². The molecule has 0 radical (unpaired) electrons. The standard InChI is InChI=1S/C13H25N/c1-3-7-12-8-5-6-9-13(11-12)14-10-4-2/h3,12-14H,1,4-11H2,2H3. The van der Waals surface area contributed by atoms with Gasteiger partial charge in [0.05, 0.1) is 0 Å². The zero-order valence-corrected chi connectivity index (χ0v) is 9.60. The molecule has 1 aliphatic carbocycles. The van der Waals surface area contributed by atoms with Crippen molar-refractivity contribution in [2.45, 2.75) is 57.9 Å². The van der Waals surface area contributed by atoms with E-state index in [-0.39, 0.29) is 0 Å². The summed E-state index contributed by atoms with van der Waals surface area (Å²) in [6, 6.07) is 0.780. The molecule has 14 heavy (non-hydrogen) atoms. The quantitative estimate of drug-likeness (QED) is 0.523. The van der Waals surface area contributed by atoms with Gasteiger partial charge in [0.15, 0.2) is 0 Å². The van der Waals surface area contributed by atoms with Crippen LogP contribution in [0, 0.1) is 5.92 Å². The number of hydrogen-bond acceptors (Lipinski definition) is 1. The second-order valence-corrected chi connectivity index (χ2v) is 4.56. The Bertz CT molecular complexity index is 153. The van der Waals surface area contributed by atoms with Crippen molar-refractivity contribution in [3.8, 4) is 0 Å². The summed E-state index contributed by atoms with van der Waals surface area (Å²) in [6.07, 6.45) is 11.5. The summed E-state index contributed by atoms with van der Waals surface area (Å²) in [6.45, 7) is 7.28. The van der Waals surface area contributed by atoms with Crippen molar-refractivity contribution in [2.75, 3.05) is 6.54 Å². The van der Waals surface area contributed by atoms with Gasteiger partial charge in [-0.3, -0.25) is 0 Å². The number of hydrogen-bond donors (Lipinski definition) is 1. The van der Waals surface area contributed by atoms with Crippen molar-refractivity contribution >= 4 is 0 Å². The molecular formula is C13H25N. The first kappa shape index (κ1) is 11.8. The molecule has 0 heterocycles. The third-order valence-corrected chi connectivity index (χ3v) is 3.22. The Morgan fingerprint density at radius 2 is 2.14 bits per heavy atom. The number of rotatable bonds is 5. The zero-order chi connectivity index (χ0) is 10.2. The average Bonchev–Trinajstić information content (AvgIpc) is 2.41. The monoisotopic (exact) mass is 195 g/mol. The summed E-state index contributed by atoms with van der Waals surface area (Å²) in [7, 11) is 0. The zero-order valence-electron chi connectivity index (χ0n) is 9.60. The minimum Gasteiger partial charge on any atom is -0.314 e. The van der Waals surface area contributed by atoms with Crippen LogP contribution in [0.1, 0.15) is 51.9 Å². The third kappa shape index (κ3) is 4.28. The van der Waals surface area contributed by atoms with E-state index in [0.29, 0.717) is 0 Å². The lowest BCUT2D eigenvalue weighted by molar-refractivity contribution is 0.388. The molecule has 0 bridgehead atoms. The van der Waals surface area contributed by atoms with Crippen LogP contribution in [0.5, 0.6) is 0 Å². The average molecular weight is 195 g/mol. The second-order valence-electron chi connectivity index (χ2n) is 4.56. The first-order chi connectivity index (χ1) is 6.86. The molecule has 2 unspecified atom stereocenters. The lowest BCUT2D eigenvalue weighted by atomic mass is 9.95. The van der Waals surface area contributed by atoms with Crippen molar-refractivity contribution in [3.05, 3.63) is 12.7 Å². The Kier molecular flexibility index (Phi) is 5.93. The van der Waals surface area contributed by atoms with E-state index in [1.54, 1.807) is 0 Å². The van der Waals surface area contributed by atoms with Gasteiger partial charge in [0.1, 0.15) is 0 Å². The molecule has 1 fully saturated rings. The van der Waals surface area contributed by atoms with Crippen LogP contribution in [0.3, 0.4) is 0 Å². The van der Waals surface area contributed by atoms with Crippen LogP contribution in [0.2, 0.25) is 0 Å². The third-order valence-electron chi connectivity index (χ3n) is 3.22. The van der Waals surface area contributed by atoms with E-state index in [2.05, 4.69) is 24.9 Å². The van der Waals surface area contributed by atoms with E-state index in [1.807, 2.05) is 0 Å². The summed E-state index contributed by atoms with van der Waals surface area (Å²) >= 11 is 0. The van der Waals surface area contributed by atoms with E-state index in [4.69, 9.17) is 0 Å². The normalized spacial score (nSPS) is 28.4. The fraction of sp³-hybridized carbons (Fsp3) is 0.846. The highest BCUT2D eigenvalue weighted by Gasteiger charge is 2.18. The molecule has 0 spiro atoms. The summed E-state index contributed by atoms with van der Waals surface area (Å²) in [4.78, 5) is 0. The molecule has 0 aromatic carbocycles. The second kappa shape index (κ2) is 7.05. The molecule has 1 saturated carbocycles. The maximum Gasteiger partial charge on any atom is 0.00698 e. The largest absolute Gasteiger partial charge is 0.314 e. The van der Waals surface area contributed by atoms with Gasteiger partial charge >= 0.3 is 0 Å². The highest BCUT2D eigenvalue weighted by Crippen LogP contribution is 2.25. The van der Waals surface area contributed by atoms with Gasteiger partial charge in [0, 0.05) is 6.04 Å². The van der Waals surface area contributed by atoms with Crippen molar-refractivity contribution < 1.29 is 0 Å². The Balaban J connectivity index is 2.30. The van der Waals surface area contributed by atoms with Gasteiger partial charge in [0.2, 0.25) is 0 Å². The SMILES string of the molecule is C=CCC1CCCCC(NCCC)C1. The van der Waals surface area contributed by atoms with Crippen molar-refractivity contribution in [2.24, 2.45) is 5.92 Å². The molecule has 1 heteroatoms. The minimum atomic E-state index is 0.780. The lowest BCUT2D eigenvalue weighted by Gasteiger charge is -2.20. The van der Waals surface area contributed by atoms with Crippen molar-refractivity contribution in [3.63, 3.8) is 0 Å². The molecule has 0 aliphatic heterocycles. The van der Waals surface area contributed by atoms with Gasteiger partial charge in [-0.2, -0.15) is 0 Å². The van der Waals surface area contributed by atoms with E-state index in [9.17, 15) is 0 Å². The van der Waals surface area contributed by atoms with Gasteiger partial charge in [-0.05, 0) is 38.1 Å². The molecule has 0 saturated heterocycles. The summed E-state index contributed by atoms with van der Waals surface area (Å²) in [5.41, 5.74) is 0. The van der Waals surface area contributed by atoms with Crippen LogP contribution < -0.4 is 5.32 Å². The van der Waals surface area contributed by atoms with E-state index >= 15 is 0 Å². The van der Waals surface area contributed by atoms with Gasteiger partial charge in [-0.1, -0.05) is 32.3 Å². The molecule has 1 nitrogen and oxygen atoms in total. The minimum absolute atomic E-state index is 0.780. The number of nitrogens with one attached hydrogen (secondary N) is 1. The van der Waals surface area contributed by atoms with Crippen molar-refractivity contribution in [1.29, 1.82) is 0 Å².